The molecule has 5 nitrogen and oxygen atoms in total. The van der Waals surface area contributed by atoms with Crippen LogP contribution in [0.4, 0.5) is 20.6 Å². The van der Waals surface area contributed by atoms with Gasteiger partial charge in [0.15, 0.2) is 11.6 Å². The summed E-state index contributed by atoms with van der Waals surface area (Å²) in [4.78, 5) is 16.8. The van der Waals surface area contributed by atoms with Crippen molar-refractivity contribution < 1.29 is 19.0 Å². The summed E-state index contributed by atoms with van der Waals surface area (Å²) in [5, 5.41) is 9.62. The van der Waals surface area contributed by atoms with Crippen molar-refractivity contribution in [2.24, 2.45) is 0 Å². The molecule has 1 aromatic heterocycles. The minimum atomic E-state index is -1.21. The van der Waals surface area contributed by atoms with Gasteiger partial charge >= 0.3 is 6.09 Å². The van der Waals surface area contributed by atoms with E-state index in [1.54, 1.807) is 60.9 Å². The Hall–Kier alpha value is -3.41. The summed E-state index contributed by atoms with van der Waals surface area (Å²) in [6.45, 7) is 0. The van der Waals surface area contributed by atoms with E-state index in [2.05, 4.69) is 4.98 Å². The number of carboxylic acid groups (broad SMARTS) is 1. The maximum atomic E-state index is 14.6. The third-order valence-corrected chi connectivity index (χ3v) is 3.67. The van der Waals surface area contributed by atoms with Gasteiger partial charge in [0.25, 0.3) is 0 Å². The Morgan fingerprint density at radius 3 is 2.48 bits per heavy atom. The lowest BCUT2D eigenvalue weighted by molar-refractivity contribution is 0.205. The molecule has 3 aromatic rings. The van der Waals surface area contributed by atoms with Crippen LogP contribution in [0.3, 0.4) is 0 Å². The fourth-order valence-corrected chi connectivity index (χ4v) is 2.60. The molecule has 0 spiro atoms. The quantitative estimate of drug-likeness (QED) is 0.748. The van der Waals surface area contributed by atoms with Crippen LogP contribution in [-0.2, 0) is 0 Å². The van der Waals surface area contributed by atoms with E-state index < -0.39 is 11.9 Å². The molecule has 0 saturated carbocycles. The summed E-state index contributed by atoms with van der Waals surface area (Å²) in [5.41, 5.74) is 1.64. The van der Waals surface area contributed by atoms with Gasteiger partial charge in [0, 0.05) is 29.6 Å². The molecule has 0 saturated heterocycles. The predicted molar refractivity (Wildman–Crippen MR) is 92.8 cm³/mol. The Balaban J connectivity index is 2.20. The van der Waals surface area contributed by atoms with E-state index in [9.17, 15) is 14.3 Å². The van der Waals surface area contributed by atoms with Crippen molar-refractivity contribution in [1.29, 1.82) is 0 Å². The molecule has 0 radical (unpaired) electrons. The van der Waals surface area contributed by atoms with Crippen LogP contribution < -0.4 is 9.64 Å². The molecule has 126 valence electrons. The smallest absolute Gasteiger partial charge is 0.416 e. The normalized spacial score (nSPS) is 10.3. The number of benzene rings is 2. The van der Waals surface area contributed by atoms with Gasteiger partial charge in [-0.15, -0.1) is 0 Å². The molecule has 0 aliphatic carbocycles. The lowest BCUT2D eigenvalue weighted by Gasteiger charge is -2.21. The molecular weight excluding hydrogens is 323 g/mol. The summed E-state index contributed by atoms with van der Waals surface area (Å²) >= 11 is 0. The van der Waals surface area contributed by atoms with Crippen LogP contribution in [-0.4, -0.2) is 23.3 Å². The van der Waals surface area contributed by atoms with Crippen LogP contribution in [0.1, 0.15) is 0 Å². The van der Waals surface area contributed by atoms with Gasteiger partial charge in [0.05, 0.1) is 18.5 Å². The molecule has 0 fully saturated rings. The summed E-state index contributed by atoms with van der Waals surface area (Å²) in [6, 6.07) is 14.7. The van der Waals surface area contributed by atoms with Crippen molar-refractivity contribution in [3.05, 3.63) is 72.8 Å². The average molecular weight is 338 g/mol. The highest BCUT2D eigenvalue weighted by Gasteiger charge is 2.21. The molecular formula is C19H15FN2O3. The van der Waals surface area contributed by atoms with E-state index in [0.29, 0.717) is 16.8 Å². The van der Waals surface area contributed by atoms with Crippen molar-refractivity contribution in [3.8, 4) is 16.9 Å². The van der Waals surface area contributed by atoms with Crippen molar-refractivity contribution in [1.82, 2.24) is 4.98 Å². The highest BCUT2D eigenvalue weighted by atomic mass is 19.1. The summed E-state index contributed by atoms with van der Waals surface area (Å²) in [7, 11) is 1.37. The van der Waals surface area contributed by atoms with Gasteiger partial charge in [-0.1, -0.05) is 24.3 Å². The second kappa shape index (κ2) is 7.00. The van der Waals surface area contributed by atoms with E-state index in [4.69, 9.17) is 4.74 Å². The highest BCUT2D eigenvalue weighted by molar-refractivity contribution is 5.96. The van der Waals surface area contributed by atoms with E-state index in [1.165, 1.54) is 7.11 Å². The Morgan fingerprint density at radius 1 is 1.12 bits per heavy atom. The van der Waals surface area contributed by atoms with Crippen LogP contribution in [0.2, 0.25) is 0 Å². The van der Waals surface area contributed by atoms with Crippen molar-refractivity contribution >= 4 is 17.5 Å². The second-order valence-electron chi connectivity index (χ2n) is 5.20. The number of ether oxygens (including phenoxy) is 1. The number of aromatic nitrogens is 1. The zero-order valence-electron chi connectivity index (χ0n) is 13.4. The standard InChI is InChI=1S/C19H15FN2O3/c1-25-18-16(13-6-5-9-21-12-13)10-15(11-17(18)20)22(19(23)24)14-7-3-2-4-8-14/h2-12H,1H3,(H,23,24). The van der Waals surface area contributed by atoms with Crippen LogP contribution in [0, 0.1) is 5.82 Å². The Morgan fingerprint density at radius 2 is 1.88 bits per heavy atom. The molecule has 1 heterocycles. The number of para-hydroxylation sites is 1. The van der Waals surface area contributed by atoms with Crippen molar-refractivity contribution in [2.45, 2.75) is 0 Å². The first-order chi connectivity index (χ1) is 12.1. The van der Waals surface area contributed by atoms with E-state index in [-0.39, 0.29) is 11.4 Å². The summed E-state index contributed by atoms with van der Waals surface area (Å²) < 4.78 is 19.7. The zero-order valence-corrected chi connectivity index (χ0v) is 13.4. The largest absolute Gasteiger partial charge is 0.493 e. The number of hydrogen-bond donors (Lipinski definition) is 1. The third-order valence-electron chi connectivity index (χ3n) is 3.67. The molecule has 0 unspecified atom stereocenters. The van der Waals surface area contributed by atoms with Gasteiger partial charge in [-0.3, -0.25) is 4.98 Å². The average Bonchev–Trinajstić information content (AvgIpc) is 2.63. The van der Waals surface area contributed by atoms with Crippen LogP contribution >= 0.6 is 0 Å². The Bertz CT molecular complexity index is 886. The summed E-state index contributed by atoms with van der Waals surface area (Å²) in [5.74, 6) is -0.615. The Labute approximate surface area is 143 Å². The topological polar surface area (TPSA) is 62.7 Å². The first kappa shape index (κ1) is 16.4. The lowest BCUT2D eigenvalue weighted by atomic mass is 10.0. The van der Waals surface area contributed by atoms with Gasteiger partial charge < -0.3 is 9.84 Å². The molecule has 1 amide bonds. The number of amides is 1. The molecule has 6 heteroatoms. The van der Waals surface area contributed by atoms with Crippen LogP contribution in [0.5, 0.6) is 5.75 Å². The molecule has 25 heavy (non-hydrogen) atoms. The number of anilines is 2. The summed E-state index contributed by atoms with van der Waals surface area (Å²) in [6.07, 6.45) is 1.95. The SMILES string of the molecule is COc1c(F)cc(N(C(=O)O)c2ccccc2)cc1-c1cccnc1. The fourth-order valence-electron chi connectivity index (χ4n) is 2.60. The number of pyridine rings is 1. The highest BCUT2D eigenvalue weighted by Crippen LogP contribution is 2.38. The first-order valence-electron chi connectivity index (χ1n) is 7.48. The van der Waals surface area contributed by atoms with E-state index in [1.807, 2.05) is 0 Å². The fraction of sp³-hybridized carbons (Fsp3) is 0.0526. The number of carbonyl (C=O) groups is 1. The third kappa shape index (κ3) is 3.28. The molecule has 0 atom stereocenters. The number of rotatable bonds is 4. The van der Waals surface area contributed by atoms with Gasteiger partial charge in [0.2, 0.25) is 0 Å². The zero-order chi connectivity index (χ0) is 17.8. The predicted octanol–water partition coefficient (Wildman–Crippen LogP) is 4.71. The maximum absolute atomic E-state index is 14.6. The lowest BCUT2D eigenvalue weighted by Crippen LogP contribution is -2.23. The van der Waals surface area contributed by atoms with Gasteiger partial charge in [-0.25, -0.2) is 14.1 Å². The van der Waals surface area contributed by atoms with Gasteiger partial charge in [-0.05, 0) is 24.3 Å². The molecule has 0 bridgehead atoms. The maximum Gasteiger partial charge on any atom is 0.416 e. The van der Waals surface area contributed by atoms with Crippen molar-refractivity contribution in [3.63, 3.8) is 0 Å². The number of methoxy groups -OCH3 is 1. The molecule has 0 aliphatic rings. The van der Waals surface area contributed by atoms with Crippen LogP contribution in [0.25, 0.3) is 11.1 Å². The van der Waals surface area contributed by atoms with Gasteiger partial charge in [-0.2, -0.15) is 0 Å². The molecule has 3 rings (SSSR count). The van der Waals surface area contributed by atoms with E-state index in [0.717, 1.165) is 11.0 Å². The minimum absolute atomic E-state index is 0.0372. The van der Waals surface area contributed by atoms with E-state index >= 15 is 0 Å². The minimum Gasteiger partial charge on any atom is -0.493 e. The second-order valence-corrected chi connectivity index (χ2v) is 5.20. The van der Waals surface area contributed by atoms with Gasteiger partial charge in [0.1, 0.15) is 0 Å². The molecule has 2 aromatic carbocycles. The molecule has 0 aliphatic heterocycles. The first-order valence-corrected chi connectivity index (χ1v) is 7.48. The number of halogens is 1. The number of nitrogens with zero attached hydrogens (tertiary/aromatic N) is 2. The molecule has 1 N–H and O–H groups in total. The van der Waals surface area contributed by atoms with Crippen molar-refractivity contribution in [2.75, 3.05) is 12.0 Å². The monoisotopic (exact) mass is 338 g/mol. The Kier molecular flexibility index (Phi) is 4.61. The van der Waals surface area contributed by atoms with Crippen LogP contribution in [0.15, 0.2) is 67.0 Å². The number of hydrogen-bond acceptors (Lipinski definition) is 3.